The van der Waals surface area contributed by atoms with Gasteiger partial charge in [0, 0.05) is 37.8 Å². The Morgan fingerprint density at radius 1 is 0.945 bits per heavy atom. The SMILES string of the molecule is CN1CC(c2cccc(OCc3ccccc3)c2)N=C1N(Cc1c(F)cccc1C(F)(F)F)C1=C(C=O)C2(CCN(Cc3ccc(C(F)(F)F)o3)CC2)OC1. The maximum atomic E-state index is 15.4. The van der Waals surface area contributed by atoms with Gasteiger partial charge in [0.05, 0.1) is 37.0 Å². The number of likely N-dealkylation sites (N-methyl/N-ethyl adjacent to an activating group) is 1. The number of halogens is 7. The molecule has 1 unspecified atom stereocenters. The first-order chi connectivity index (χ1) is 26.2. The summed E-state index contributed by atoms with van der Waals surface area (Å²) in [6.45, 7) is 0.636. The predicted molar refractivity (Wildman–Crippen MR) is 187 cm³/mol. The highest BCUT2D eigenvalue weighted by atomic mass is 19.4. The molecule has 1 atom stereocenters. The number of carbonyl (C=O) groups excluding carboxylic acids is 1. The Hall–Kier alpha value is -5.15. The lowest BCUT2D eigenvalue weighted by atomic mass is 9.84. The summed E-state index contributed by atoms with van der Waals surface area (Å²) in [5, 5.41) is 0. The zero-order chi connectivity index (χ0) is 39.0. The van der Waals surface area contributed by atoms with E-state index in [2.05, 4.69) is 0 Å². The normalized spacial score (nSPS) is 18.9. The van der Waals surface area contributed by atoms with Gasteiger partial charge in [-0.2, -0.15) is 26.3 Å². The zero-order valence-electron chi connectivity index (χ0n) is 29.7. The van der Waals surface area contributed by atoms with E-state index in [1.807, 2.05) is 59.5 Å². The number of carbonyl (C=O) groups is 1. The van der Waals surface area contributed by atoms with Crippen molar-refractivity contribution in [2.75, 3.05) is 33.3 Å². The minimum Gasteiger partial charge on any atom is -0.489 e. The maximum Gasteiger partial charge on any atom is 0.449 e. The molecule has 7 rings (SSSR count). The highest BCUT2D eigenvalue weighted by Gasteiger charge is 2.48. The lowest BCUT2D eigenvalue weighted by Crippen LogP contribution is -2.46. The summed E-state index contributed by atoms with van der Waals surface area (Å²) in [4.78, 5) is 23.0. The van der Waals surface area contributed by atoms with E-state index in [-0.39, 0.29) is 49.0 Å². The topological polar surface area (TPSA) is 70.8 Å². The third-order valence-corrected chi connectivity index (χ3v) is 10.2. The lowest BCUT2D eigenvalue weighted by molar-refractivity contribution is -0.153. The second-order valence-electron chi connectivity index (χ2n) is 13.8. The number of aliphatic imine (C=N–C) groups is 1. The molecule has 3 aliphatic heterocycles. The minimum atomic E-state index is -4.87. The van der Waals surface area contributed by atoms with Gasteiger partial charge < -0.3 is 23.7 Å². The Labute approximate surface area is 312 Å². The molecule has 1 saturated heterocycles. The van der Waals surface area contributed by atoms with Crippen LogP contribution < -0.4 is 4.74 Å². The predicted octanol–water partition coefficient (Wildman–Crippen LogP) is 8.40. The Balaban J connectivity index is 1.19. The molecular formula is C40H37F7N4O4. The molecule has 3 aliphatic rings. The number of ether oxygens (including phenoxy) is 2. The molecular weight excluding hydrogens is 733 g/mol. The molecule has 290 valence electrons. The van der Waals surface area contributed by atoms with Crippen LogP contribution in [-0.4, -0.2) is 65.8 Å². The molecule has 1 spiro atoms. The summed E-state index contributed by atoms with van der Waals surface area (Å²) in [6, 6.07) is 21.4. The highest BCUT2D eigenvalue weighted by molar-refractivity contribution is 5.87. The molecule has 0 saturated carbocycles. The quantitative estimate of drug-likeness (QED) is 0.119. The van der Waals surface area contributed by atoms with Crippen LogP contribution in [0.5, 0.6) is 5.75 Å². The van der Waals surface area contributed by atoms with E-state index < -0.39 is 53.2 Å². The van der Waals surface area contributed by atoms with E-state index >= 15 is 4.39 Å². The third-order valence-electron chi connectivity index (χ3n) is 10.2. The zero-order valence-corrected chi connectivity index (χ0v) is 29.7. The third kappa shape index (κ3) is 8.13. The first-order valence-corrected chi connectivity index (χ1v) is 17.6. The Morgan fingerprint density at radius 3 is 2.38 bits per heavy atom. The number of benzene rings is 3. The van der Waals surface area contributed by atoms with Gasteiger partial charge in [0.2, 0.25) is 11.7 Å². The second kappa shape index (κ2) is 15.2. The van der Waals surface area contributed by atoms with E-state index in [0.717, 1.165) is 35.4 Å². The first-order valence-electron chi connectivity index (χ1n) is 17.6. The summed E-state index contributed by atoms with van der Waals surface area (Å²) in [6.07, 6.45) is -8.33. The van der Waals surface area contributed by atoms with E-state index in [0.29, 0.717) is 38.3 Å². The van der Waals surface area contributed by atoms with Crippen molar-refractivity contribution in [3.05, 3.63) is 136 Å². The van der Waals surface area contributed by atoms with Crippen LogP contribution in [0, 0.1) is 5.82 Å². The average Bonchev–Trinajstić information content (AvgIpc) is 3.89. The summed E-state index contributed by atoms with van der Waals surface area (Å²) < 4.78 is 115. The molecule has 0 N–H and O–H groups in total. The molecule has 4 heterocycles. The first kappa shape index (κ1) is 38.1. The van der Waals surface area contributed by atoms with Gasteiger partial charge in [-0.15, -0.1) is 0 Å². The van der Waals surface area contributed by atoms with Crippen LogP contribution in [0.3, 0.4) is 0 Å². The van der Waals surface area contributed by atoms with Crippen molar-refractivity contribution < 1.29 is 49.4 Å². The number of furan rings is 1. The summed E-state index contributed by atoms with van der Waals surface area (Å²) >= 11 is 0. The minimum absolute atomic E-state index is 0.0975. The van der Waals surface area contributed by atoms with Gasteiger partial charge in [0.1, 0.15) is 29.5 Å². The molecule has 0 radical (unpaired) electrons. The average molecular weight is 771 g/mol. The van der Waals surface area contributed by atoms with Crippen molar-refractivity contribution in [1.82, 2.24) is 14.7 Å². The summed E-state index contributed by atoms with van der Waals surface area (Å²) in [5.41, 5.74) is -0.678. The smallest absolute Gasteiger partial charge is 0.449 e. The van der Waals surface area contributed by atoms with Crippen molar-refractivity contribution in [3.8, 4) is 5.75 Å². The van der Waals surface area contributed by atoms with Gasteiger partial charge in [-0.3, -0.25) is 9.69 Å². The number of alkyl halides is 6. The van der Waals surface area contributed by atoms with Gasteiger partial charge >= 0.3 is 12.4 Å². The Bertz CT molecular complexity index is 2070. The van der Waals surface area contributed by atoms with Crippen molar-refractivity contribution in [2.45, 2.75) is 56.5 Å². The number of piperidine rings is 1. The van der Waals surface area contributed by atoms with Crippen LogP contribution in [0.25, 0.3) is 0 Å². The number of hydrogen-bond donors (Lipinski definition) is 0. The van der Waals surface area contributed by atoms with Crippen molar-refractivity contribution in [1.29, 1.82) is 0 Å². The Morgan fingerprint density at radius 2 is 1.69 bits per heavy atom. The van der Waals surface area contributed by atoms with E-state index in [9.17, 15) is 31.1 Å². The number of guanidine groups is 1. The number of likely N-dealkylation sites (tertiary alicyclic amines) is 1. The van der Waals surface area contributed by atoms with Gasteiger partial charge in [-0.25, -0.2) is 9.38 Å². The largest absolute Gasteiger partial charge is 0.489 e. The molecule has 55 heavy (non-hydrogen) atoms. The van der Waals surface area contributed by atoms with Crippen LogP contribution in [-0.2, 0) is 41.6 Å². The second-order valence-corrected chi connectivity index (χ2v) is 13.8. The van der Waals surface area contributed by atoms with Gasteiger partial charge in [0.25, 0.3) is 0 Å². The molecule has 3 aromatic carbocycles. The molecule has 0 bridgehead atoms. The van der Waals surface area contributed by atoms with Crippen molar-refractivity contribution in [3.63, 3.8) is 0 Å². The number of rotatable bonds is 10. The monoisotopic (exact) mass is 770 g/mol. The lowest BCUT2D eigenvalue weighted by Gasteiger charge is -2.39. The van der Waals surface area contributed by atoms with Crippen LogP contribution in [0.1, 0.15) is 52.7 Å². The van der Waals surface area contributed by atoms with Crippen LogP contribution in [0.4, 0.5) is 30.7 Å². The fraction of sp³-hybridized carbons (Fsp3) is 0.350. The summed E-state index contributed by atoms with van der Waals surface area (Å²) in [7, 11) is 1.72. The number of hydrogen-bond acceptors (Lipinski definition) is 8. The van der Waals surface area contributed by atoms with Crippen LogP contribution in [0.15, 0.2) is 106 Å². The van der Waals surface area contributed by atoms with Gasteiger partial charge in [-0.05, 0) is 60.4 Å². The van der Waals surface area contributed by atoms with Gasteiger partial charge in [0.15, 0.2) is 6.29 Å². The van der Waals surface area contributed by atoms with Gasteiger partial charge in [-0.1, -0.05) is 48.5 Å². The highest BCUT2D eigenvalue weighted by Crippen LogP contribution is 2.43. The molecule has 4 aromatic rings. The fourth-order valence-corrected chi connectivity index (χ4v) is 7.40. The molecule has 0 amide bonds. The number of aldehydes is 1. The molecule has 1 aromatic heterocycles. The van der Waals surface area contributed by atoms with E-state index in [4.69, 9.17) is 18.9 Å². The molecule has 8 nitrogen and oxygen atoms in total. The number of nitrogens with zero attached hydrogens (tertiary/aromatic N) is 4. The molecule has 15 heteroatoms. The fourth-order valence-electron chi connectivity index (χ4n) is 7.40. The van der Waals surface area contributed by atoms with E-state index in [1.54, 1.807) is 11.9 Å². The standard InChI is InChI=1S/C40H37F7N4O4/c1-49-22-34(27-9-5-10-28(19-27)53-24-26-7-3-2-4-8-26)48-37(49)51(21-30-31(39(42,43)44)11-6-12-33(30)41)35-25-54-38(32(35)23-52)15-17-50(18-16-38)20-29-13-14-36(55-29)40(45,46)47/h2-14,19,23,34H,15-18,20-22,24-25H2,1H3. The van der Waals surface area contributed by atoms with Crippen LogP contribution >= 0.6 is 0 Å². The maximum absolute atomic E-state index is 15.4. The molecule has 0 aliphatic carbocycles. The van der Waals surface area contributed by atoms with Crippen molar-refractivity contribution in [2.24, 2.45) is 4.99 Å². The van der Waals surface area contributed by atoms with Crippen molar-refractivity contribution >= 4 is 12.2 Å². The van der Waals surface area contributed by atoms with Crippen LogP contribution in [0.2, 0.25) is 0 Å². The molecule has 1 fully saturated rings. The summed E-state index contributed by atoms with van der Waals surface area (Å²) in [5.74, 6) is -1.21. The van der Waals surface area contributed by atoms with E-state index in [1.165, 1.54) is 11.0 Å². The Kier molecular flexibility index (Phi) is 10.5.